The SMILES string of the molecule is CC(C)(C)c1ccc(N[C@@H]2CCOC[C@H](O)C2)cc1. The highest BCUT2D eigenvalue weighted by atomic mass is 16.5. The summed E-state index contributed by atoms with van der Waals surface area (Å²) in [6.07, 6.45) is 1.34. The summed E-state index contributed by atoms with van der Waals surface area (Å²) < 4.78 is 5.35. The molecule has 0 amide bonds. The summed E-state index contributed by atoms with van der Waals surface area (Å²) in [7, 11) is 0. The molecule has 0 bridgehead atoms. The van der Waals surface area contributed by atoms with Crippen LogP contribution in [0.15, 0.2) is 24.3 Å². The Bertz CT molecular complexity index is 394. The Morgan fingerprint density at radius 2 is 1.89 bits per heavy atom. The molecule has 0 spiro atoms. The van der Waals surface area contributed by atoms with Gasteiger partial charge in [0.25, 0.3) is 0 Å². The first-order chi connectivity index (χ1) is 8.95. The van der Waals surface area contributed by atoms with E-state index in [4.69, 9.17) is 4.74 Å². The summed E-state index contributed by atoms with van der Waals surface area (Å²) in [5.74, 6) is 0. The number of nitrogens with one attached hydrogen (secondary N) is 1. The Morgan fingerprint density at radius 1 is 1.21 bits per heavy atom. The van der Waals surface area contributed by atoms with E-state index in [0.717, 1.165) is 25.1 Å². The standard InChI is InChI=1S/C16H25NO2/c1-16(2,3)12-4-6-13(7-5-12)17-14-8-9-19-11-15(18)10-14/h4-7,14-15,17-18H,8-11H2,1-3H3/t14-,15-/m1/s1. The number of aliphatic hydroxyl groups excluding tert-OH is 1. The van der Waals surface area contributed by atoms with E-state index in [9.17, 15) is 5.11 Å². The Hall–Kier alpha value is -1.06. The monoisotopic (exact) mass is 263 g/mol. The molecule has 1 aromatic rings. The highest BCUT2D eigenvalue weighted by molar-refractivity contribution is 5.46. The van der Waals surface area contributed by atoms with Crippen molar-refractivity contribution in [1.82, 2.24) is 0 Å². The lowest BCUT2D eigenvalue weighted by Crippen LogP contribution is -2.25. The van der Waals surface area contributed by atoms with E-state index in [-0.39, 0.29) is 17.6 Å². The van der Waals surface area contributed by atoms with E-state index in [1.807, 2.05) is 0 Å². The van der Waals surface area contributed by atoms with Crippen LogP contribution >= 0.6 is 0 Å². The highest BCUT2D eigenvalue weighted by Gasteiger charge is 2.19. The van der Waals surface area contributed by atoms with Gasteiger partial charge in [-0.15, -0.1) is 0 Å². The number of hydrogen-bond donors (Lipinski definition) is 2. The zero-order valence-electron chi connectivity index (χ0n) is 12.1. The van der Waals surface area contributed by atoms with E-state index < -0.39 is 0 Å². The maximum Gasteiger partial charge on any atom is 0.0793 e. The van der Waals surface area contributed by atoms with Crippen molar-refractivity contribution in [3.63, 3.8) is 0 Å². The van der Waals surface area contributed by atoms with Crippen LogP contribution in [0.5, 0.6) is 0 Å². The molecule has 0 radical (unpaired) electrons. The van der Waals surface area contributed by atoms with Gasteiger partial charge in [0.1, 0.15) is 0 Å². The van der Waals surface area contributed by atoms with Crippen LogP contribution in [-0.2, 0) is 10.2 Å². The third kappa shape index (κ3) is 4.22. The molecule has 2 atom stereocenters. The third-order valence-electron chi connectivity index (χ3n) is 3.60. The van der Waals surface area contributed by atoms with Gasteiger partial charge in [-0.25, -0.2) is 0 Å². The number of aliphatic hydroxyl groups is 1. The molecule has 0 aliphatic carbocycles. The zero-order valence-corrected chi connectivity index (χ0v) is 12.1. The van der Waals surface area contributed by atoms with E-state index in [2.05, 4.69) is 50.4 Å². The van der Waals surface area contributed by atoms with E-state index >= 15 is 0 Å². The van der Waals surface area contributed by atoms with Crippen molar-refractivity contribution in [2.45, 2.75) is 51.2 Å². The Labute approximate surface area is 116 Å². The summed E-state index contributed by atoms with van der Waals surface area (Å²) in [5, 5.41) is 13.2. The Morgan fingerprint density at radius 3 is 2.53 bits per heavy atom. The molecule has 2 N–H and O–H groups in total. The van der Waals surface area contributed by atoms with Gasteiger partial charge in [-0.2, -0.15) is 0 Å². The molecular weight excluding hydrogens is 238 g/mol. The Kier molecular flexibility index (Phi) is 4.48. The van der Waals surface area contributed by atoms with Crippen molar-refractivity contribution in [2.75, 3.05) is 18.5 Å². The zero-order chi connectivity index (χ0) is 13.9. The molecule has 1 fully saturated rings. The van der Waals surface area contributed by atoms with Crippen molar-refractivity contribution in [3.05, 3.63) is 29.8 Å². The molecule has 0 unspecified atom stereocenters. The fourth-order valence-electron chi connectivity index (χ4n) is 2.39. The number of anilines is 1. The van der Waals surface area contributed by atoms with Gasteiger partial charge in [-0.05, 0) is 36.0 Å². The maximum absolute atomic E-state index is 9.72. The minimum Gasteiger partial charge on any atom is -0.391 e. The number of benzene rings is 1. The van der Waals surface area contributed by atoms with Crippen LogP contribution in [0, 0.1) is 0 Å². The minimum absolute atomic E-state index is 0.185. The molecule has 0 saturated carbocycles. The molecule has 1 saturated heterocycles. The fourth-order valence-corrected chi connectivity index (χ4v) is 2.39. The van der Waals surface area contributed by atoms with Crippen LogP contribution in [0.25, 0.3) is 0 Å². The number of hydrogen-bond acceptors (Lipinski definition) is 3. The summed E-state index contributed by atoms with van der Waals surface area (Å²) in [5.41, 5.74) is 2.64. The topological polar surface area (TPSA) is 41.5 Å². The second-order valence-electron chi connectivity index (χ2n) is 6.42. The first kappa shape index (κ1) is 14.4. The largest absolute Gasteiger partial charge is 0.391 e. The Balaban J connectivity index is 1.99. The lowest BCUT2D eigenvalue weighted by Gasteiger charge is -2.21. The summed E-state index contributed by atoms with van der Waals surface area (Å²) >= 11 is 0. The number of rotatable bonds is 2. The lowest BCUT2D eigenvalue weighted by molar-refractivity contribution is 0.0511. The van der Waals surface area contributed by atoms with Gasteiger partial charge in [0.15, 0.2) is 0 Å². The molecule has 3 heteroatoms. The summed E-state index contributed by atoms with van der Waals surface area (Å²) in [4.78, 5) is 0. The first-order valence-electron chi connectivity index (χ1n) is 7.08. The van der Waals surface area contributed by atoms with E-state index in [1.165, 1.54) is 5.56 Å². The van der Waals surface area contributed by atoms with E-state index in [1.54, 1.807) is 0 Å². The quantitative estimate of drug-likeness (QED) is 0.862. The van der Waals surface area contributed by atoms with Gasteiger partial charge in [0.2, 0.25) is 0 Å². The first-order valence-corrected chi connectivity index (χ1v) is 7.08. The van der Waals surface area contributed by atoms with Crippen LogP contribution < -0.4 is 5.32 Å². The molecule has 1 heterocycles. The average molecular weight is 263 g/mol. The average Bonchev–Trinajstić information content (AvgIpc) is 2.53. The second-order valence-corrected chi connectivity index (χ2v) is 6.42. The molecule has 3 nitrogen and oxygen atoms in total. The minimum atomic E-state index is -0.353. The summed E-state index contributed by atoms with van der Waals surface area (Å²) in [6, 6.07) is 8.88. The predicted molar refractivity (Wildman–Crippen MR) is 78.6 cm³/mol. The molecule has 106 valence electrons. The van der Waals surface area contributed by atoms with Crippen molar-refractivity contribution in [2.24, 2.45) is 0 Å². The van der Waals surface area contributed by atoms with Gasteiger partial charge in [-0.1, -0.05) is 32.9 Å². The molecular formula is C16H25NO2. The van der Waals surface area contributed by atoms with Gasteiger partial charge < -0.3 is 15.2 Å². The van der Waals surface area contributed by atoms with Gasteiger partial charge in [0, 0.05) is 18.3 Å². The maximum atomic E-state index is 9.72. The van der Waals surface area contributed by atoms with Crippen LogP contribution in [-0.4, -0.2) is 30.5 Å². The third-order valence-corrected chi connectivity index (χ3v) is 3.60. The van der Waals surface area contributed by atoms with Crippen LogP contribution in [0.2, 0.25) is 0 Å². The van der Waals surface area contributed by atoms with Crippen molar-refractivity contribution < 1.29 is 9.84 Å². The van der Waals surface area contributed by atoms with Crippen molar-refractivity contribution in [1.29, 1.82) is 0 Å². The molecule has 1 aliphatic heterocycles. The predicted octanol–water partition coefficient (Wildman–Crippen LogP) is 2.94. The molecule has 1 aliphatic rings. The smallest absolute Gasteiger partial charge is 0.0793 e. The second kappa shape index (κ2) is 5.93. The van der Waals surface area contributed by atoms with Crippen LogP contribution in [0.1, 0.15) is 39.2 Å². The van der Waals surface area contributed by atoms with Crippen LogP contribution in [0.3, 0.4) is 0 Å². The fraction of sp³-hybridized carbons (Fsp3) is 0.625. The molecule has 1 aromatic carbocycles. The van der Waals surface area contributed by atoms with Crippen molar-refractivity contribution >= 4 is 5.69 Å². The van der Waals surface area contributed by atoms with E-state index in [0.29, 0.717) is 6.61 Å². The summed E-state index contributed by atoms with van der Waals surface area (Å²) in [6.45, 7) is 7.83. The normalized spacial score (nSPS) is 24.8. The molecule has 19 heavy (non-hydrogen) atoms. The molecule has 2 rings (SSSR count). The van der Waals surface area contributed by atoms with Crippen molar-refractivity contribution in [3.8, 4) is 0 Å². The van der Waals surface area contributed by atoms with Gasteiger partial charge in [0.05, 0.1) is 12.7 Å². The lowest BCUT2D eigenvalue weighted by atomic mass is 9.87. The number of ether oxygens (including phenoxy) is 1. The highest BCUT2D eigenvalue weighted by Crippen LogP contribution is 2.24. The van der Waals surface area contributed by atoms with Crippen LogP contribution in [0.4, 0.5) is 5.69 Å². The van der Waals surface area contributed by atoms with Gasteiger partial charge in [-0.3, -0.25) is 0 Å². The molecule has 0 aromatic heterocycles. The van der Waals surface area contributed by atoms with Gasteiger partial charge >= 0.3 is 0 Å².